The van der Waals surface area contributed by atoms with Gasteiger partial charge in [0, 0.05) is 19.1 Å². The van der Waals surface area contributed by atoms with Crippen LogP contribution in [0.3, 0.4) is 0 Å². The number of halogens is 1. The van der Waals surface area contributed by atoms with Crippen LogP contribution in [0.15, 0.2) is 24.3 Å². The molecule has 0 N–H and O–H groups in total. The Bertz CT molecular complexity index is 629. The lowest BCUT2D eigenvalue weighted by Crippen LogP contribution is -2.45. The number of methoxy groups -OCH3 is 1. The Kier molecular flexibility index (Phi) is 5.68. The Morgan fingerprint density at radius 3 is 2.64 bits per heavy atom. The number of esters is 1. The summed E-state index contributed by atoms with van der Waals surface area (Å²) in [6.07, 6.45) is 3.28. The molecule has 2 aliphatic heterocycles. The van der Waals surface area contributed by atoms with Crippen molar-refractivity contribution in [2.75, 3.05) is 33.3 Å². The van der Waals surface area contributed by atoms with Crippen LogP contribution in [0.4, 0.5) is 4.39 Å². The molecule has 1 aromatic rings. The maximum atomic E-state index is 13.5. The molecule has 0 bridgehead atoms. The molecule has 1 atom stereocenters. The first-order valence-electron chi connectivity index (χ1n) is 8.93. The topological polar surface area (TPSA) is 49.9 Å². The Morgan fingerprint density at radius 1 is 1.20 bits per heavy atom. The molecule has 1 aromatic carbocycles. The summed E-state index contributed by atoms with van der Waals surface area (Å²) >= 11 is 0. The molecule has 136 valence electrons. The summed E-state index contributed by atoms with van der Waals surface area (Å²) in [7, 11) is 1.40. The van der Waals surface area contributed by atoms with Gasteiger partial charge in [0.15, 0.2) is 0 Å². The highest BCUT2D eigenvalue weighted by Gasteiger charge is 2.32. The first-order chi connectivity index (χ1) is 12.1. The Morgan fingerprint density at radius 2 is 1.96 bits per heavy atom. The van der Waals surface area contributed by atoms with Crippen molar-refractivity contribution < 1.29 is 18.7 Å². The minimum atomic E-state index is -0.236. The van der Waals surface area contributed by atoms with E-state index in [0.29, 0.717) is 32.5 Å². The van der Waals surface area contributed by atoms with E-state index >= 15 is 0 Å². The average molecular weight is 348 g/mol. The number of ether oxygens (including phenoxy) is 1. The minimum Gasteiger partial charge on any atom is -0.469 e. The third-order valence-corrected chi connectivity index (χ3v) is 5.32. The Balaban J connectivity index is 1.56. The van der Waals surface area contributed by atoms with Crippen LogP contribution < -0.4 is 0 Å². The van der Waals surface area contributed by atoms with E-state index in [-0.39, 0.29) is 29.7 Å². The fourth-order valence-corrected chi connectivity index (χ4v) is 3.91. The molecule has 5 nitrogen and oxygen atoms in total. The van der Waals surface area contributed by atoms with Gasteiger partial charge >= 0.3 is 5.97 Å². The number of carbonyl (C=O) groups excluding carboxylic acids is 2. The van der Waals surface area contributed by atoms with Crippen LogP contribution in [-0.4, -0.2) is 55.0 Å². The molecule has 0 saturated carbocycles. The number of rotatable bonds is 4. The van der Waals surface area contributed by atoms with Crippen molar-refractivity contribution in [1.29, 1.82) is 0 Å². The van der Waals surface area contributed by atoms with Gasteiger partial charge in [-0.05, 0) is 49.9 Å². The average Bonchev–Trinajstić information content (AvgIpc) is 3.09. The lowest BCUT2D eigenvalue weighted by atomic mass is 9.97. The van der Waals surface area contributed by atoms with Gasteiger partial charge in [-0.25, -0.2) is 4.39 Å². The maximum Gasteiger partial charge on any atom is 0.308 e. The number of hydrogen-bond acceptors (Lipinski definition) is 4. The van der Waals surface area contributed by atoms with E-state index in [1.807, 2.05) is 11.0 Å². The molecule has 0 spiro atoms. The van der Waals surface area contributed by atoms with Crippen LogP contribution in [0.5, 0.6) is 0 Å². The van der Waals surface area contributed by atoms with Gasteiger partial charge in [-0.3, -0.25) is 14.5 Å². The third kappa shape index (κ3) is 4.18. The van der Waals surface area contributed by atoms with E-state index < -0.39 is 0 Å². The van der Waals surface area contributed by atoms with Crippen LogP contribution in [0.25, 0.3) is 0 Å². The molecule has 2 fully saturated rings. The first kappa shape index (κ1) is 17.9. The van der Waals surface area contributed by atoms with E-state index in [0.717, 1.165) is 24.9 Å². The second-order valence-corrected chi connectivity index (χ2v) is 6.86. The van der Waals surface area contributed by atoms with Gasteiger partial charge in [0.2, 0.25) is 5.91 Å². The summed E-state index contributed by atoms with van der Waals surface area (Å²) in [5.74, 6) is -0.425. The van der Waals surface area contributed by atoms with Crippen molar-refractivity contribution >= 4 is 11.9 Å². The molecular weight excluding hydrogens is 323 g/mol. The molecule has 3 rings (SSSR count). The monoisotopic (exact) mass is 348 g/mol. The zero-order valence-corrected chi connectivity index (χ0v) is 14.6. The number of amides is 1. The molecule has 1 amide bonds. The van der Waals surface area contributed by atoms with Gasteiger partial charge in [-0.1, -0.05) is 12.1 Å². The van der Waals surface area contributed by atoms with Crippen LogP contribution >= 0.6 is 0 Å². The zero-order chi connectivity index (χ0) is 17.8. The Hall–Kier alpha value is -1.95. The van der Waals surface area contributed by atoms with E-state index in [4.69, 9.17) is 4.74 Å². The summed E-state index contributed by atoms with van der Waals surface area (Å²) in [6, 6.07) is 6.76. The number of piperidine rings is 1. The van der Waals surface area contributed by atoms with Gasteiger partial charge in [0.1, 0.15) is 5.82 Å². The summed E-state index contributed by atoms with van der Waals surface area (Å²) in [5, 5.41) is 0. The molecular formula is C19H25FN2O3. The normalized spacial score (nSPS) is 22.2. The fraction of sp³-hybridized carbons (Fsp3) is 0.579. The van der Waals surface area contributed by atoms with Crippen LogP contribution in [0, 0.1) is 11.7 Å². The number of benzene rings is 1. The Labute approximate surface area is 147 Å². The molecule has 0 aromatic heterocycles. The lowest BCUT2D eigenvalue weighted by molar-refractivity contribution is -0.149. The lowest BCUT2D eigenvalue weighted by Gasteiger charge is -2.33. The quantitative estimate of drug-likeness (QED) is 0.784. The maximum absolute atomic E-state index is 13.5. The SMILES string of the molecule is COC(=O)C1CCN(C(=O)CN2CCC[C@@H]2c2cccc(F)c2)CC1. The van der Waals surface area contributed by atoms with Crippen molar-refractivity contribution in [2.45, 2.75) is 31.7 Å². The van der Waals surface area contributed by atoms with Crippen LogP contribution in [0.1, 0.15) is 37.3 Å². The van der Waals surface area contributed by atoms with Crippen LogP contribution in [0.2, 0.25) is 0 Å². The summed E-state index contributed by atoms with van der Waals surface area (Å²) in [4.78, 5) is 28.2. The molecule has 0 unspecified atom stereocenters. The first-order valence-corrected chi connectivity index (χ1v) is 8.93. The van der Waals surface area contributed by atoms with E-state index in [9.17, 15) is 14.0 Å². The second kappa shape index (κ2) is 7.95. The highest BCUT2D eigenvalue weighted by Crippen LogP contribution is 2.32. The van der Waals surface area contributed by atoms with Crippen molar-refractivity contribution in [3.8, 4) is 0 Å². The molecule has 0 aliphatic carbocycles. The van der Waals surface area contributed by atoms with Crippen molar-refractivity contribution in [2.24, 2.45) is 5.92 Å². The van der Waals surface area contributed by atoms with Gasteiger partial charge in [0.25, 0.3) is 0 Å². The predicted molar refractivity (Wildman–Crippen MR) is 91.3 cm³/mol. The van der Waals surface area contributed by atoms with Gasteiger partial charge in [-0.15, -0.1) is 0 Å². The predicted octanol–water partition coefficient (Wildman–Crippen LogP) is 2.37. The van der Waals surface area contributed by atoms with Crippen LogP contribution in [-0.2, 0) is 14.3 Å². The standard InChI is InChI=1S/C19H25FN2O3/c1-25-19(24)14-7-10-21(11-8-14)18(23)13-22-9-3-6-17(22)15-4-2-5-16(20)12-15/h2,4-5,12,14,17H,3,6-11,13H2,1H3/t17-/m1/s1. The zero-order valence-electron chi connectivity index (χ0n) is 14.6. The molecule has 2 saturated heterocycles. The van der Waals surface area contributed by atoms with E-state index in [2.05, 4.69) is 4.90 Å². The summed E-state index contributed by atoms with van der Waals surface area (Å²) < 4.78 is 18.3. The molecule has 25 heavy (non-hydrogen) atoms. The largest absolute Gasteiger partial charge is 0.469 e. The smallest absolute Gasteiger partial charge is 0.308 e. The minimum absolute atomic E-state index is 0.0895. The highest BCUT2D eigenvalue weighted by atomic mass is 19.1. The second-order valence-electron chi connectivity index (χ2n) is 6.86. The van der Waals surface area contributed by atoms with E-state index in [1.54, 1.807) is 12.1 Å². The molecule has 0 radical (unpaired) electrons. The summed E-state index contributed by atoms with van der Waals surface area (Å²) in [6.45, 7) is 2.39. The van der Waals surface area contributed by atoms with Crippen molar-refractivity contribution in [1.82, 2.24) is 9.80 Å². The number of hydrogen-bond donors (Lipinski definition) is 0. The van der Waals surface area contributed by atoms with Crippen molar-refractivity contribution in [3.05, 3.63) is 35.6 Å². The highest BCUT2D eigenvalue weighted by molar-refractivity contribution is 5.79. The number of nitrogens with zero attached hydrogens (tertiary/aromatic N) is 2. The number of carbonyl (C=O) groups is 2. The van der Waals surface area contributed by atoms with Crippen molar-refractivity contribution in [3.63, 3.8) is 0 Å². The third-order valence-electron chi connectivity index (χ3n) is 5.32. The van der Waals surface area contributed by atoms with Gasteiger partial charge in [0.05, 0.1) is 19.6 Å². The van der Waals surface area contributed by atoms with Gasteiger partial charge < -0.3 is 9.64 Å². The molecule has 2 aliphatic rings. The van der Waals surface area contributed by atoms with E-state index in [1.165, 1.54) is 13.2 Å². The number of likely N-dealkylation sites (tertiary alicyclic amines) is 2. The molecule has 2 heterocycles. The summed E-state index contributed by atoms with van der Waals surface area (Å²) in [5.41, 5.74) is 0.940. The fourth-order valence-electron chi connectivity index (χ4n) is 3.91. The molecule has 6 heteroatoms. The van der Waals surface area contributed by atoms with Gasteiger partial charge in [-0.2, -0.15) is 0 Å².